The highest BCUT2D eigenvalue weighted by atomic mass is 16.5. The van der Waals surface area contributed by atoms with E-state index in [4.69, 9.17) is 13.9 Å². The van der Waals surface area contributed by atoms with Crippen LogP contribution < -0.4 is 9.47 Å². The number of aliphatic hydroxyl groups is 1. The van der Waals surface area contributed by atoms with Gasteiger partial charge in [-0.2, -0.15) is 0 Å². The maximum absolute atomic E-state index is 10.9. The van der Waals surface area contributed by atoms with E-state index in [1.165, 1.54) is 0 Å². The molecule has 4 heterocycles. The number of fused-ring (bicyclic) bond motifs is 3. The number of nitrogens with zero attached hydrogens (tertiary/aromatic N) is 4. The first-order valence-corrected chi connectivity index (χ1v) is 11.1. The second kappa shape index (κ2) is 7.45. The van der Waals surface area contributed by atoms with Gasteiger partial charge in [0, 0.05) is 31.0 Å². The summed E-state index contributed by atoms with van der Waals surface area (Å²) in [5.74, 6) is 4.14. The van der Waals surface area contributed by atoms with Crippen LogP contribution in [0.2, 0.25) is 0 Å². The van der Waals surface area contributed by atoms with Crippen LogP contribution in [-0.2, 0) is 12.1 Å². The highest BCUT2D eigenvalue weighted by Gasteiger charge is 2.47. The van der Waals surface area contributed by atoms with Gasteiger partial charge in [0.1, 0.15) is 11.5 Å². The summed E-state index contributed by atoms with van der Waals surface area (Å²) in [6.45, 7) is 2.59. The zero-order valence-electron chi connectivity index (χ0n) is 18.5. The third-order valence-corrected chi connectivity index (χ3v) is 6.57. The molecule has 8 nitrogen and oxygen atoms in total. The van der Waals surface area contributed by atoms with Crippen molar-refractivity contribution in [3.05, 3.63) is 65.9 Å². The monoisotopic (exact) mass is 444 g/mol. The molecular formula is C25H24N4O4. The van der Waals surface area contributed by atoms with Gasteiger partial charge in [-0.05, 0) is 31.0 Å². The molecule has 0 fully saturated rings. The smallest absolute Gasteiger partial charge is 0.191 e. The minimum absolute atomic E-state index is 0.454. The lowest BCUT2D eigenvalue weighted by Gasteiger charge is -2.42. The summed E-state index contributed by atoms with van der Waals surface area (Å²) in [4.78, 5) is 4.19. The maximum atomic E-state index is 10.9. The largest absolute Gasteiger partial charge is 0.496 e. The van der Waals surface area contributed by atoms with Gasteiger partial charge >= 0.3 is 0 Å². The SMILES string of the molecule is COc1cc(-c2nnc3n2CCCC32CC(O)c3ccccc3O2)ccc1-c1cnc(C)o1. The first-order chi connectivity index (χ1) is 16.1. The van der Waals surface area contributed by atoms with Crippen molar-refractivity contribution in [3.8, 4) is 34.2 Å². The van der Waals surface area contributed by atoms with Gasteiger partial charge in [-0.3, -0.25) is 0 Å². The van der Waals surface area contributed by atoms with Crippen LogP contribution in [0.15, 0.2) is 53.1 Å². The predicted molar refractivity (Wildman–Crippen MR) is 120 cm³/mol. The molecule has 0 saturated heterocycles. The van der Waals surface area contributed by atoms with Gasteiger partial charge in [0.05, 0.1) is 25.0 Å². The molecule has 4 aromatic rings. The summed E-state index contributed by atoms with van der Waals surface area (Å²) < 4.78 is 19.9. The van der Waals surface area contributed by atoms with Crippen LogP contribution in [0, 0.1) is 6.92 Å². The fourth-order valence-electron chi connectivity index (χ4n) is 5.03. The summed E-state index contributed by atoms with van der Waals surface area (Å²) in [7, 11) is 1.63. The Morgan fingerprint density at radius 1 is 1.18 bits per heavy atom. The summed E-state index contributed by atoms with van der Waals surface area (Å²) in [6, 6.07) is 13.5. The molecule has 0 aliphatic carbocycles. The number of aliphatic hydroxyl groups excluding tert-OH is 1. The lowest BCUT2D eigenvalue weighted by Crippen LogP contribution is -2.43. The number of aromatic nitrogens is 4. The Morgan fingerprint density at radius 3 is 2.88 bits per heavy atom. The molecule has 0 radical (unpaired) electrons. The van der Waals surface area contributed by atoms with E-state index in [1.807, 2.05) is 49.4 Å². The first-order valence-electron chi connectivity index (χ1n) is 11.1. The van der Waals surface area contributed by atoms with E-state index in [0.717, 1.165) is 47.7 Å². The summed E-state index contributed by atoms with van der Waals surface area (Å²) >= 11 is 0. The van der Waals surface area contributed by atoms with Crippen LogP contribution in [0.25, 0.3) is 22.7 Å². The number of rotatable bonds is 3. The minimum Gasteiger partial charge on any atom is -0.496 e. The third kappa shape index (κ3) is 3.13. The number of aryl methyl sites for hydroxylation is 1. The average Bonchev–Trinajstić information content (AvgIpc) is 3.46. The highest BCUT2D eigenvalue weighted by molar-refractivity contribution is 5.71. The normalized spacial score (nSPS) is 21.4. The number of benzene rings is 2. The van der Waals surface area contributed by atoms with Crippen molar-refractivity contribution in [2.24, 2.45) is 0 Å². The van der Waals surface area contributed by atoms with Gasteiger partial charge in [0.2, 0.25) is 0 Å². The summed E-state index contributed by atoms with van der Waals surface area (Å²) in [5, 5.41) is 20.0. The zero-order chi connectivity index (χ0) is 22.6. The lowest BCUT2D eigenvalue weighted by molar-refractivity contribution is -0.0421. The number of hydrogen-bond donors (Lipinski definition) is 1. The lowest BCUT2D eigenvalue weighted by atomic mass is 9.83. The molecule has 8 heteroatoms. The highest BCUT2D eigenvalue weighted by Crippen LogP contribution is 2.48. The van der Waals surface area contributed by atoms with Crippen molar-refractivity contribution in [1.82, 2.24) is 19.7 Å². The van der Waals surface area contributed by atoms with Crippen LogP contribution in [0.5, 0.6) is 11.5 Å². The average molecular weight is 444 g/mol. The van der Waals surface area contributed by atoms with E-state index in [2.05, 4.69) is 19.7 Å². The number of methoxy groups -OCH3 is 1. The van der Waals surface area contributed by atoms with Crippen LogP contribution >= 0.6 is 0 Å². The van der Waals surface area contributed by atoms with Gasteiger partial charge in [0.25, 0.3) is 0 Å². The number of oxazole rings is 1. The molecule has 2 atom stereocenters. The molecule has 2 aliphatic rings. The van der Waals surface area contributed by atoms with Gasteiger partial charge < -0.3 is 23.6 Å². The molecule has 0 bridgehead atoms. The van der Waals surface area contributed by atoms with Crippen LogP contribution in [0.1, 0.15) is 42.6 Å². The van der Waals surface area contributed by atoms with Gasteiger partial charge in [-0.15, -0.1) is 10.2 Å². The molecule has 1 spiro atoms. The predicted octanol–water partition coefficient (Wildman–Crippen LogP) is 4.42. The number of ether oxygens (including phenoxy) is 2. The molecule has 2 unspecified atom stereocenters. The zero-order valence-corrected chi connectivity index (χ0v) is 18.5. The Bertz CT molecular complexity index is 1340. The fraction of sp³-hybridized carbons (Fsp3) is 0.320. The standard InChI is InChI=1S/C25H24N4O4/c1-15-26-14-22(32-15)18-9-8-16(12-21(18)31-2)23-27-28-24-25(10-5-11-29(23)24)13-19(30)17-6-3-4-7-20(17)33-25/h3-4,6-9,12,14,19,30H,5,10-11,13H2,1-2H3. The second-order valence-corrected chi connectivity index (χ2v) is 8.62. The van der Waals surface area contributed by atoms with E-state index in [1.54, 1.807) is 13.3 Å². The van der Waals surface area contributed by atoms with Crippen LogP contribution in [0.4, 0.5) is 0 Å². The molecule has 1 N–H and O–H groups in total. The van der Waals surface area contributed by atoms with Gasteiger partial charge in [-0.25, -0.2) is 4.98 Å². The molecular weight excluding hydrogens is 420 g/mol. The topological polar surface area (TPSA) is 95.4 Å². The molecule has 2 aliphatic heterocycles. The molecule has 0 amide bonds. The van der Waals surface area contributed by atoms with Crippen LogP contribution in [-0.4, -0.2) is 32.0 Å². The van der Waals surface area contributed by atoms with E-state index in [-0.39, 0.29) is 0 Å². The molecule has 2 aromatic carbocycles. The molecule has 0 saturated carbocycles. The Labute approximate surface area is 190 Å². The van der Waals surface area contributed by atoms with E-state index in [0.29, 0.717) is 29.6 Å². The Balaban J connectivity index is 1.41. The van der Waals surface area contributed by atoms with E-state index >= 15 is 0 Å². The Morgan fingerprint density at radius 2 is 2.06 bits per heavy atom. The Hall–Kier alpha value is -3.65. The maximum Gasteiger partial charge on any atom is 0.191 e. The van der Waals surface area contributed by atoms with Crippen molar-refractivity contribution in [2.45, 2.75) is 44.4 Å². The Kier molecular flexibility index (Phi) is 4.51. The number of hydrogen-bond acceptors (Lipinski definition) is 7. The minimum atomic E-state index is -0.696. The molecule has 33 heavy (non-hydrogen) atoms. The summed E-state index contributed by atoms with van der Waals surface area (Å²) in [5.41, 5.74) is 1.84. The van der Waals surface area contributed by atoms with E-state index < -0.39 is 11.7 Å². The van der Waals surface area contributed by atoms with Crippen molar-refractivity contribution in [3.63, 3.8) is 0 Å². The van der Waals surface area contributed by atoms with Gasteiger partial charge in [-0.1, -0.05) is 24.3 Å². The van der Waals surface area contributed by atoms with Gasteiger partial charge in [0.15, 0.2) is 28.9 Å². The van der Waals surface area contributed by atoms with Crippen molar-refractivity contribution in [1.29, 1.82) is 0 Å². The van der Waals surface area contributed by atoms with Crippen molar-refractivity contribution >= 4 is 0 Å². The molecule has 2 aromatic heterocycles. The third-order valence-electron chi connectivity index (χ3n) is 6.57. The quantitative estimate of drug-likeness (QED) is 0.500. The molecule has 168 valence electrons. The van der Waals surface area contributed by atoms with Crippen molar-refractivity contribution < 1.29 is 19.0 Å². The van der Waals surface area contributed by atoms with Crippen molar-refractivity contribution in [2.75, 3.05) is 7.11 Å². The molecule has 6 rings (SSSR count). The number of para-hydroxylation sites is 1. The summed E-state index contributed by atoms with van der Waals surface area (Å²) in [6.07, 6.45) is 3.23. The van der Waals surface area contributed by atoms with Crippen LogP contribution in [0.3, 0.4) is 0 Å². The second-order valence-electron chi connectivity index (χ2n) is 8.62. The fourth-order valence-corrected chi connectivity index (χ4v) is 5.03. The van der Waals surface area contributed by atoms with E-state index in [9.17, 15) is 5.11 Å². The first kappa shape index (κ1) is 20.0.